The normalized spacial score (nSPS) is 11.8. The fraction of sp³-hybridized carbons (Fsp3) is 0.421. The van der Waals surface area contributed by atoms with Crippen LogP contribution in [-0.4, -0.2) is 33.8 Å². The number of alkyl halides is 3. The van der Waals surface area contributed by atoms with Crippen LogP contribution in [0, 0.1) is 0 Å². The summed E-state index contributed by atoms with van der Waals surface area (Å²) in [6.07, 6.45) is -4.45. The fourth-order valence-corrected chi connectivity index (χ4v) is 3.20. The monoisotopic (exact) mass is 413 g/mol. The zero-order chi connectivity index (χ0) is 21.1. The van der Waals surface area contributed by atoms with E-state index in [9.17, 15) is 22.8 Å². The number of benzene rings is 1. The van der Waals surface area contributed by atoms with E-state index in [2.05, 4.69) is 10.3 Å². The van der Waals surface area contributed by atoms with Crippen molar-refractivity contribution in [2.24, 2.45) is 0 Å². The van der Waals surface area contributed by atoms with E-state index in [1.54, 1.807) is 5.38 Å². The number of rotatable bonds is 6. The summed E-state index contributed by atoms with van der Waals surface area (Å²) >= 11 is 1.25. The molecule has 0 saturated heterocycles. The van der Waals surface area contributed by atoms with Crippen LogP contribution in [0.25, 0.3) is 0 Å². The lowest BCUT2D eigenvalue weighted by atomic mass is 10.1. The van der Waals surface area contributed by atoms with Crippen molar-refractivity contribution < 1.29 is 22.8 Å². The Balaban J connectivity index is 2.16. The van der Waals surface area contributed by atoms with Crippen molar-refractivity contribution in [2.45, 2.75) is 52.5 Å². The Kier molecular flexibility index (Phi) is 6.82. The molecule has 2 amide bonds. The van der Waals surface area contributed by atoms with E-state index in [-0.39, 0.29) is 35.8 Å². The molecule has 0 bridgehead atoms. The summed E-state index contributed by atoms with van der Waals surface area (Å²) in [5.74, 6) is -0.685. The van der Waals surface area contributed by atoms with Gasteiger partial charge in [0.05, 0.1) is 12.1 Å². The number of thiazole rings is 1. The summed E-state index contributed by atoms with van der Waals surface area (Å²) in [5, 5.41) is 4.94. The number of hydrogen-bond acceptors (Lipinski definition) is 4. The van der Waals surface area contributed by atoms with Gasteiger partial charge in [-0.25, -0.2) is 4.98 Å². The molecule has 0 aliphatic carbocycles. The standard InChI is InChI=1S/C19H22F3N3O2S/c1-11(2)23-17(26)15-10-28-16(24-15)9-25(12(3)4)18(27)13-5-7-14(8-6-13)19(20,21)22/h5-8,10-12H,9H2,1-4H3,(H,23,26). The minimum atomic E-state index is -4.45. The minimum Gasteiger partial charge on any atom is -0.349 e. The number of carbonyl (C=O) groups excluding carboxylic acids is 2. The zero-order valence-corrected chi connectivity index (χ0v) is 16.8. The smallest absolute Gasteiger partial charge is 0.349 e. The maximum absolute atomic E-state index is 12.8. The van der Waals surface area contributed by atoms with Crippen molar-refractivity contribution in [3.8, 4) is 0 Å². The summed E-state index contributed by atoms with van der Waals surface area (Å²) in [6.45, 7) is 7.46. The molecule has 9 heteroatoms. The Hall–Kier alpha value is -2.42. The van der Waals surface area contributed by atoms with E-state index in [0.717, 1.165) is 12.1 Å². The van der Waals surface area contributed by atoms with Crippen LogP contribution in [0.5, 0.6) is 0 Å². The topological polar surface area (TPSA) is 62.3 Å². The number of aromatic nitrogens is 1. The molecule has 0 saturated carbocycles. The average Bonchev–Trinajstić information content (AvgIpc) is 3.06. The van der Waals surface area contributed by atoms with Gasteiger partial charge in [-0.05, 0) is 52.0 Å². The molecule has 1 N–H and O–H groups in total. The van der Waals surface area contributed by atoms with Gasteiger partial charge in [-0.1, -0.05) is 0 Å². The third kappa shape index (κ3) is 5.54. The molecule has 2 rings (SSSR count). The molecule has 28 heavy (non-hydrogen) atoms. The summed E-state index contributed by atoms with van der Waals surface area (Å²) in [5.41, 5.74) is -0.365. The molecular weight excluding hydrogens is 391 g/mol. The van der Waals surface area contributed by atoms with Crippen LogP contribution < -0.4 is 5.32 Å². The van der Waals surface area contributed by atoms with Crippen LogP contribution in [0.3, 0.4) is 0 Å². The van der Waals surface area contributed by atoms with Gasteiger partial charge in [0.1, 0.15) is 10.7 Å². The molecule has 0 fully saturated rings. The second kappa shape index (κ2) is 8.72. The molecule has 0 aliphatic rings. The molecule has 0 spiro atoms. The molecule has 1 heterocycles. The lowest BCUT2D eigenvalue weighted by Crippen LogP contribution is -2.36. The van der Waals surface area contributed by atoms with Crippen molar-refractivity contribution >= 4 is 23.2 Å². The molecule has 1 aromatic heterocycles. The third-order valence-corrected chi connectivity index (χ3v) is 4.69. The van der Waals surface area contributed by atoms with Gasteiger partial charge in [-0.3, -0.25) is 9.59 Å². The van der Waals surface area contributed by atoms with Crippen LogP contribution in [0.2, 0.25) is 0 Å². The third-order valence-electron chi connectivity index (χ3n) is 3.85. The van der Waals surface area contributed by atoms with Gasteiger partial charge in [0.2, 0.25) is 0 Å². The predicted molar refractivity (Wildman–Crippen MR) is 101 cm³/mol. The molecule has 152 valence electrons. The summed E-state index contributed by atoms with van der Waals surface area (Å²) in [6, 6.07) is 3.90. The van der Waals surface area contributed by atoms with Gasteiger partial charge in [-0.15, -0.1) is 11.3 Å². The predicted octanol–water partition coefficient (Wildman–Crippen LogP) is 4.35. The van der Waals surface area contributed by atoms with E-state index >= 15 is 0 Å². The number of nitrogens with one attached hydrogen (secondary N) is 1. The number of carbonyl (C=O) groups is 2. The van der Waals surface area contributed by atoms with Crippen LogP contribution >= 0.6 is 11.3 Å². The van der Waals surface area contributed by atoms with E-state index in [4.69, 9.17) is 0 Å². The zero-order valence-electron chi connectivity index (χ0n) is 16.0. The van der Waals surface area contributed by atoms with Crippen molar-refractivity contribution in [3.05, 3.63) is 51.5 Å². The number of hydrogen-bond donors (Lipinski definition) is 1. The highest BCUT2D eigenvalue weighted by Gasteiger charge is 2.30. The SMILES string of the molecule is CC(C)NC(=O)c1csc(CN(C(=O)c2ccc(C(F)(F)F)cc2)C(C)C)n1. The first kappa shape index (κ1) is 21.9. The van der Waals surface area contributed by atoms with Crippen LogP contribution in [0.15, 0.2) is 29.6 Å². The van der Waals surface area contributed by atoms with E-state index in [1.807, 2.05) is 27.7 Å². The molecule has 2 aromatic rings. The van der Waals surface area contributed by atoms with E-state index in [1.165, 1.54) is 28.4 Å². The van der Waals surface area contributed by atoms with Crippen molar-refractivity contribution in [1.82, 2.24) is 15.2 Å². The van der Waals surface area contributed by atoms with Gasteiger partial charge in [0.25, 0.3) is 11.8 Å². The highest BCUT2D eigenvalue weighted by molar-refractivity contribution is 7.09. The summed E-state index contributed by atoms with van der Waals surface area (Å²) in [7, 11) is 0. The molecule has 0 atom stereocenters. The fourth-order valence-electron chi connectivity index (χ4n) is 2.43. The van der Waals surface area contributed by atoms with Crippen molar-refractivity contribution in [3.63, 3.8) is 0 Å². The Morgan fingerprint density at radius 1 is 1.14 bits per heavy atom. The van der Waals surface area contributed by atoms with Crippen LogP contribution in [0.4, 0.5) is 13.2 Å². The van der Waals surface area contributed by atoms with E-state index in [0.29, 0.717) is 5.01 Å². The summed E-state index contributed by atoms with van der Waals surface area (Å²) < 4.78 is 38.1. The van der Waals surface area contributed by atoms with Gasteiger partial charge in [0, 0.05) is 23.0 Å². The van der Waals surface area contributed by atoms with Gasteiger partial charge < -0.3 is 10.2 Å². The first-order valence-electron chi connectivity index (χ1n) is 8.72. The highest BCUT2D eigenvalue weighted by Crippen LogP contribution is 2.29. The number of nitrogens with zero attached hydrogens (tertiary/aromatic N) is 2. The van der Waals surface area contributed by atoms with E-state index < -0.39 is 17.6 Å². The van der Waals surface area contributed by atoms with Crippen LogP contribution in [0.1, 0.15) is 59.1 Å². The second-order valence-electron chi connectivity index (χ2n) is 6.86. The molecule has 5 nitrogen and oxygen atoms in total. The summed E-state index contributed by atoms with van der Waals surface area (Å²) in [4.78, 5) is 30.6. The quantitative estimate of drug-likeness (QED) is 0.766. The Morgan fingerprint density at radius 2 is 1.75 bits per heavy atom. The lowest BCUT2D eigenvalue weighted by Gasteiger charge is -2.26. The lowest BCUT2D eigenvalue weighted by molar-refractivity contribution is -0.137. The molecule has 1 aromatic carbocycles. The van der Waals surface area contributed by atoms with Gasteiger partial charge in [0.15, 0.2) is 0 Å². The Morgan fingerprint density at radius 3 is 2.25 bits per heavy atom. The molecule has 0 aliphatic heterocycles. The van der Waals surface area contributed by atoms with Gasteiger partial charge in [-0.2, -0.15) is 13.2 Å². The number of amides is 2. The number of halogens is 3. The molecular formula is C19H22F3N3O2S. The van der Waals surface area contributed by atoms with Crippen molar-refractivity contribution in [2.75, 3.05) is 0 Å². The second-order valence-corrected chi connectivity index (χ2v) is 7.80. The first-order chi connectivity index (χ1) is 13.0. The highest BCUT2D eigenvalue weighted by atomic mass is 32.1. The Bertz CT molecular complexity index is 830. The maximum atomic E-state index is 12.8. The molecule has 0 unspecified atom stereocenters. The Labute approximate surface area is 165 Å². The van der Waals surface area contributed by atoms with Gasteiger partial charge >= 0.3 is 6.18 Å². The maximum Gasteiger partial charge on any atom is 0.416 e. The van der Waals surface area contributed by atoms with Crippen LogP contribution in [-0.2, 0) is 12.7 Å². The average molecular weight is 413 g/mol. The molecule has 0 radical (unpaired) electrons. The largest absolute Gasteiger partial charge is 0.416 e. The minimum absolute atomic E-state index is 0.0222. The first-order valence-corrected chi connectivity index (χ1v) is 9.60. The van der Waals surface area contributed by atoms with Crippen molar-refractivity contribution in [1.29, 1.82) is 0 Å².